The van der Waals surface area contributed by atoms with Crippen LogP contribution in [0.2, 0.25) is 0 Å². The predicted octanol–water partition coefficient (Wildman–Crippen LogP) is 2.71. The number of rotatable bonds is 7. The molecule has 0 radical (unpaired) electrons. The second-order valence-corrected chi connectivity index (χ2v) is 6.24. The van der Waals surface area contributed by atoms with Gasteiger partial charge in [0.05, 0.1) is 20.8 Å². The number of methoxy groups -OCH3 is 2. The summed E-state index contributed by atoms with van der Waals surface area (Å²) in [5.41, 5.74) is 0.940. The quantitative estimate of drug-likeness (QED) is 0.655. The maximum atomic E-state index is 5.34. The Labute approximate surface area is 144 Å². The van der Waals surface area contributed by atoms with Crippen LogP contribution in [0.4, 0.5) is 0 Å². The molecule has 7 nitrogen and oxygen atoms in total. The smallest absolute Gasteiger partial charge is 0.235 e. The highest BCUT2D eigenvalue weighted by atomic mass is 32.1. The molecular formula is C16H21N5O2S. The Kier molecular flexibility index (Phi) is 4.96. The molecule has 0 N–H and O–H groups in total. The lowest BCUT2D eigenvalue weighted by Gasteiger charge is -2.15. The first kappa shape index (κ1) is 16.7. The van der Waals surface area contributed by atoms with E-state index in [0.717, 1.165) is 52.5 Å². The first-order chi connectivity index (χ1) is 11.7. The highest BCUT2D eigenvalue weighted by molar-refractivity contribution is 7.19. The van der Waals surface area contributed by atoms with Crippen molar-refractivity contribution in [3.63, 3.8) is 0 Å². The van der Waals surface area contributed by atoms with Crippen LogP contribution >= 0.6 is 11.3 Å². The van der Waals surface area contributed by atoms with Gasteiger partial charge in [-0.05, 0) is 25.2 Å². The van der Waals surface area contributed by atoms with Gasteiger partial charge in [0.25, 0.3) is 0 Å². The molecule has 3 rings (SSSR count). The maximum absolute atomic E-state index is 5.34. The number of fused-ring (bicyclic) bond motifs is 1. The second-order valence-electron chi connectivity index (χ2n) is 5.28. The summed E-state index contributed by atoms with van der Waals surface area (Å²) in [5.74, 6) is 2.32. The molecule has 0 amide bonds. The monoisotopic (exact) mass is 347 g/mol. The Balaban J connectivity index is 1.98. The van der Waals surface area contributed by atoms with Crippen molar-refractivity contribution in [3.05, 3.63) is 24.0 Å². The van der Waals surface area contributed by atoms with Gasteiger partial charge in [-0.15, -0.1) is 10.2 Å². The number of benzene rings is 1. The van der Waals surface area contributed by atoms with Crippen LogP contribution in [0.25, 0.3) is 15.5 Å². The zero-order chi connectivity index (χ0) is 17.1. The Morgan fingerprint density at radius 2 is 1.71 bits per heavy atom. The maximum Gasteiger partial charge on any atom is 0.235 e. The summed E-state index contributed by atoms with van der Waals surface area (Å²) in [6.07, 6.45) is 0. The minimum Gasteiger partial charge on any atom is -0.497 e. The molecule has 0 spiro atoms. The van der Waals surface area contributed by atoms with E-state index in [1.807, 2.05) is 22.7 Å². The molecule has 0 aliphatic rings. The topological polar surface area (TPSA) is 64.8 Å². The van der Waals surface area contributed by atoms with Crippen molar-refractivity contribution >= 4 is 16.3 Å². The highest BCUT2D eigenvalue weighted by Gasteiger charge is 2.15. The van der Waals surface area contributed by atoms with Gasteiger partial charge in [-0.25, -0.2) is 0 Å². The molecule has 2 heterocycles. The lowest BCUT2D eigenvalue weighted by molar-refractivity contribution is 0.286. The number of hydrogen-bond donors (Lipinski definition) is 0. The van der Waals surface area contributed by atoms with E-state index in [1.165, 1.54) is 11.3 Å². The molecule has 3 aromatic rings. The molecule has 0 aliphatic carbocycles. The summed E-state index contributed by atoms with van der Waals surface area (Å²) in [6.45, 7) is 6.94. The molecule has 1 aromatic carbocycles. The van der Waals surface area contributed by atoms with E-state index in [1.54, 1.807) is 14.2 Å². The molecule has 0 atom stereocenters. The van der Waals surface area contributed by atoms with Crippen LogP contribution in [-0.4, -0.2) is 52.0 Å². The molecule has 0 unspecified atom stereocenters. The minimum atomic E-state index is 0.735. The Hall–Kier alpha value is -2.19. The van der Waals surface area contributed by atoms with Crippen LogP contribution in [0.3, 0.4) is 0 Å². The van der Waals surface area contributed by atoms with Crippen molar-refractivity contribution in [1.29, 1.82) is 0 Å². The van der Waals surface area contributed by atoms with E-state index in [2.05, 4.69) is 34.0 Å². The first-order valence-corrected chi connectivity index (χ1v) is 8.67. The molecule has 2 aromatic heterocycles. The third-order valence-electron chi connectivity index (χ3n) is 3.91. The lowest BCUT2D eigenvalue weighted by atomic mass is 10.2. The molecule has 24 heavy (non-hydrogen) atoms. The van der Waals surface area contributed by atoms with Crippen LogP contribution in [0.15, 0.2) is 18.2 Å². The summed E-state index contributed by atoms with van der Waals surface area (Å²) in [5, 5.41) is 14.1. The van der Waals surface area contributed by atoms with E-state index in [9.17, 15) is 0 Å². The van der Waals surface area contributed by atoms with Gasteiger partial charge in [0.2, 0.25) is 4.96 Å². The molecule has 0 aliphatic heterocycles. The van der Waals surface area contributed by atoms with Gasteiger partial charge >= 0.3 is 0 Å². The zero-order valence-electron chi connectivity index (χ0n) is 14.3. The van der Waals surface area contributed by atoms with E-state index >= 15 is 0 Å². The van der Waals surface area contributed by atoms with Gasteiger partial charge in [-0.3, -0.25) is 4.90 Å². The number of aromatic nitrogens is 4. The van der Waals surface area contributed by atoms with Crippen LogP contribution in [0.1, 0.15) is 19.7 Å². The molecule has 0 saturated heterocycles. The Morgan fingerprint density at radius 1 is 1.04 bits per heavy atom. The van der Waals surface area contributed by atoms with Crippen molar-refractivity contribution in [2.45, 2.75) is 20.4 Å². The summed E-state index contributed by atoms with van der Waals surface area (Å²) >= 11 is 1.50. The van der Waals surface area contributed by atoms with E-state index in [0.29, 0.717) is 0 Å². The van der Waals surface area contributed by atoms with E-state index in [4.69, 9.17) is 9.47 Å². The largest absolute Gasteiger partial charge is 0.497 e. The van der Waals surface area contributed by atoms with Gasteiger partial charge < -0.3 is 9.47 Å². The third-order valence-corrected chi connectivity index (χ3v) is 4.86. The van der Waals surface area contributed by atoms with Gasteiger partial charge in [-0.1, -0.05) is 25.2 Å². The number of hydrogen-bond acceptors (Lipinski definition) is 7. The Morgan fingerprint density at radius 3 is 2.29 bits per heavy atom. The van der Waals surface area contributed by atoms with E-state index in [-0.39, 0.29) is 0 Å². The lowest BCUT2D eigenvalue weighted by Crippen LogP contribution is -2.23. The average molecular weight is 347 g/mol. The van der Waals surface area contributed by atoms with Crippen LogP contribution < -0.4 is 9.47 Å². The van der Waals surface area contributed by atoms with Crippen molar-refractivity contribution in [2.75, 3.05) is 27.3 Å². The summed E-state index contributed by atoms with van der Waals surface area (Å²) in [7, 11) is 3.28. The fourth-order valence-electron chi connectivity index (χ4n) is 2.45. The van der Waals surface area contributed by atoms with Crippen molar-refractivity contribution < 1.29 is 9.47 Å². The summed E-state index contributed by atoms with van der Waals surface area (Å²) in [4.78, 5) is 3.07. The summed E-state index contributed by atoms with van der Waals surface area (Å²) in [6, 6.07) is 5.73. The molecule has 8 heteroatoms. The normalized spacial score (nSPS) is 11.4. The first-order valence-electron chi connectivity index (χ1n) is 7.85. The van der Waals surface area contributed by atoms with Crippen LogP contribution in [0, 0.1) is 0 Å². The predicted molar refractivity (Wildman–Crippen MR) is 93.8 cm³/mol. The van der Waals surface area contributed by atoms with Crippen LogP contribution in [-0.2, 0) is 6.54 Å². The molecule has 0 bridgehead atoms. The zero-order valence-corrected chi connectivity index (χ0v) is 15.1. The van der Waals surface area contributed by atoms with Crippen molar-refractivity contribution in [2.24, 2.45) is 0 Å². The van der Waals surface area contributed by atoms with Gasteiger partial charge in [0.1, 0.15) is 16.5 Å². The fraction of sp³-hybridized carbons (Fsp3) is 0.438. The second kappa shape index (κ2) is 7.14. The molecule has 128 valence electrons. The van der Waals surface area contributed by atoms with Crippen LogP contribution in [0.5, 0.6) is 11.5 Å². The van der Waals surface area contributed by atoms with E-state index < -0.39 is 0 Å². The number of nitrogens with zero attached hydrogens (tertiary/aromatic N) is 5. The van der Waals surface area contributed by atoms with Crippen molar-refractivity contribution in [3.8, 4) is 22.1 Å². The Bertz CT molecular complexity index is 803. The highest BCUT2D eigenvalue weighted by Crippen LogP contribution is 2.32. The molecule has 0 saturated carbocycles. The SMILES string of the molecule is CCN(CC)Cc1nnc2sc(-c3cc(OC)cc(OC)c3)nn12. The molecular weight excluding hydrogens is 326 g/mol. The molecule has 0 fully saturated rings. The standard InChI is InChI=1S/C16H21N5O2S/c1-5-20(6-2)10-14-17-18-16-21(14)19-15(24-16)11-7-12(22-3)9-13(8-11)23-4/h7-9H,5-6,10H2,1-4H3. The third kappa shape index (κ3) is 3.20. The van der Waals surface area contributed by atoms with Gasteiger partial charge in [-0.2, -0.15) is 9.61 Å². The fourth-order valence-corrected chi connectivity index (χ4v) is 3.30. The number of ether oxygens (including phenoxy) is 2. The minimum absolute atomic E-state index is 0.735. The summed E-state index contributed by atoms with van der Waals surface area (Å²) < 4.78 is 12.5. The van der Waals surface area contributed by atoms with Gasteiger partial charge in [0.15, 0.2) is 5.82 Å². The van der Waals surface area contributed by atoms with Crippen molar-refractivity contribution in [1.82, 2.24) is 24.7 Å². The average Bonchev–Trinajstić information content (AvgIpc) is 3.20. The van der Waals surface area contributed by atoms with Gasteiger partial charge in [0, 0.05) is 11.6 Å².